The van der Waals surface area contributed by atoms with Gasteiger partial charge in [-0.05, 0) is 47.2 Å². The highest BCUT2D eigenvalue weighted by Gasteiger charge is 2.17. The van der Waals surface area contributed by atoms with Crippen LogP contribution in [-0.4, -0.2) is 15.6 Å². The summed E-state index contributed by atoms with van der Waals surface area (Å²) in [7, 11) is 0. The van der Waals surface area contributed by atoms with Gasteiger partial charge >= 0.3 is 5.97 Å². The van der Waals surface area contributed by atoms with Crippen LogP contribution in [0.25, 0.3) is 38.6 Å². The van der Waals surface area contributed by atoms with Crippen molar-refractivity contribution in [1.29, 1.82) is 0 Å². The number of aromatic nitrogens is 1. The molecule has 1 aromatic heterocycles. The molecule has 4 heteroatoms. The fraction of sp³-hybridized carbons (Fsp3) is 0. The molecule has 0 unspecified atom stereocenters. The molecule has 0 atom stereocenters. The van der Waals surface area contributed by atoms with Gasteiger partial charge in [0.15, 0.2) is 0 Å². The van der Waals surface area contributed by atoms with E-state index in [4.69, 9.17) is 11.6 Å². The van der Waals surface area contributed by atoms with E-state index in [1.165, 1.54) is 0 Å². The number of benzene rings is 4. The average Bonchev–Trinajstić information content (AvgIpc) is 3.14. The lowest BCUT2D eigenvalue weighted by Gasteiger charge is -2.13. The highest BCUT2D eigenvalue weighted by molar-refractivity contribution is 6.33. The number of carboxylic acids is 1. The van der Waals surface area contributed by atoms with E-state index in [-0.39, 0.29) is 5.56 Å². The molecule has 0 amide bonds. The van der Waals surface area contributed by atoms with E-state index in [1.54, 1.807) is 18.2 Å². The summed E-state index contributed by atoms with van der Waals surface area (Å²) in [6, 6.07) is 29.2. The molecule has 0 saturated heterocycles. The Labute approximate surface area is 172 Å². The summed E-state index contributed by atoms with van der Waals surface area (Å²) in [5.74, 6) is -0.951. The van der Waals surface area contributed by atoms with Gasteiger partial charge in [0, 0.05) is 21.7 Å². The Bertz CT molecular complexity index is 1400. The molecule has 0 bridgehead atoms. The van der Waals surface area contributed by atoms with Gasteiger partial charge in [-0.1, -0.05) is 66.2 Å². The molecule has 3 nitrogen and oxygen atoms in total. The molecular formula is C25H16ClNO2. The first-order chi connectivity index (χ1) is 14.1. The van der Waals surface area contributed by atoms with Gasteiger partial charge in [-0.25, -0.2) is 4.79 Å². The summed E-state index contributed by atoms with van der Waals surface area (Å²) < 4.78 is 2.08. The largest absolute Gasteiger partial charge is 0.478 e. The zero-order valence-corrected chi connectivity index (χ0v) is 16.1. The molecule has 0 aliphatic heterocycles. The summed E-state index contributed by atoms with van der Waals surface area (Å²) in [6.07, 6.45) is 0. The first kappa shape index (κ1) is 17.5. The number of fused-ring (bicyclic) bond motifs is 3. The van der Waals surface area contributed by atoms with Crippen LogP contribution in [0.4, 0.5) is 0 Å². The predicted molar refractivity (Wildman–Crippen MR) is 118 cm³/mol. The minimum Gasteiger partial charge on any atom is -0.478 e. The number of carboxylic acid groups (broad SMARTS) is 1. The van der Waals surface area contributed by atoms with E-state index in [2.05, 4.69) is 34.9 Å². The van der Waals surface area contributed by atoms with Gasteiger partial charge in [0.2, 0.25) is 0 Å². The molecule has 1 heterocycles. The van der Waals surface area contributed by atoms with Crippen molar-refractivity contribution in [2.75, 3.05) is 0 Å². The van der Waals surface area contributed by atoms with Crippen molar-refractivity contribution in [3.8, 4) is 16.9 Å². The van der Waals surface area contributed by atoms with Crippen molar-refractivity contribution >= 4 is 39.2 Å². The number of rotatable bonds is 3. The molecule has 5 rings (SSSR count). The third kappa shape index (κ3) is 2.87. The lowest BCUT2D eigenvalue weighted by molar-refractivity contribution is 0.0697. The summed E-state index contributed by atoms with van der Waals surface area (Å²) in [6.45, 7) is 0. The summed E-state index contributed by atoms with van der Waals surface area (Å²) in [5.41, 5.74) is 3.85. The van der Waals surface area contributed by atoms with E-state index in [1.807, 2.05) is 42.5 Å². The Morgan fingerprint density at radius 1 is 0.793 bits per heavy atom. The fourth-order valence-corrected chi connectivity index (χ4v) is 4.12. The van der Waals surface area contributed by atoms with Gasteiger partial charge in [-0.2, -0.15) is 0 Å². The Hall–Kier alpha value is -3.56. The second-order valence-electron chi connectivity index (χ2n) is 6.92. The third-order valence-electron chi connectivity index (χ3n) is 5.21. The Kier molecular flexibility index (Phi) is 4.11. The van der Waals surface area contributed by atoms with Gasteiger partial charge < -0.3 is 9.67 Å². The summed E-state index contributed by atoms with van der Waals surface area (Å²) in [5, 5.41) is 13.5. The summed E-state index contributed by atoms with van der Waals surface area (Å²) in [4.78, 5) is 11.5. The minimum absolute atomic E-state index is 0.246. The lowest BCUT2D eigenvalue weighted by Crippen LogP contribution is -2.01. The molecule has 0 aliphatic carbocycles. The molecule has 5 aromatic rings. The van der Waals surface area contributed by atoms with Gasteiger partial charge in [0.25, 0.3) is 0 Å². The van der Waals surface area contributed by atoms with E-state index >= 15 is 0 Å². The zero-order valence-electron chi connectivity index (χ0n) is 15.3. The van der Waals surface area contributed by atoms with Crippen LogP contribution in [0, 0.1) is 0 Å². The van der Waals surface area contributed by atoms with Crippen molar-refractivity contribution in [1.82, 2.24) is 4.57 Å². The highest BCUT2D eigenvalue weighted by Crippen LogP contribution is 2.38. The van der Waals surface area contributed by atoms with Crippen LogP contribution in [0.3, 0.4) is 0 Å². The SMILES string of the molecule is O=C(O)c1cccc(-n2c(-c3ccccc3Cl)cc3c4ccccc4ccc32)c1. The first-order valence-electron chi connectivity index (χ1n) is 9.25. The quantitative estimate of drug-likeness (QED) is 0.363. The van der Waals surface area contributed by atoms with E-state index in [9.17, 15) is 9.90 Å². The lowest BCUT2D eigenvalue weighted by atomic mass is 10.1. The number of hydrogen-bond donors (Lipinski definition) is 1. The third-order valence-corrected chi connectivity index (χ3v) is 5.54. The van der Waals surface area contributed by atoms with Crippen molar-refractivity contribution in [3.05, 3.63) is 102 Å². The molecule has 0 fully saturated rings. The number of aromatic carboxylic acids is 1. The molecule has 140 valence electrons. The van der Waals surface area contributed by atoms with Crippen molar-refractivity contribution in [3.63, 3.8) is 0 Å². The smallest absolute Gasteiger partial charge is 0.335 e. The highest BCUT2D eigenvalue weighted by atomic mass is 35.5. The van der Waals surface area contributed by atoms with Crippen LogP contribution < -0.4 is 0 Å². The molecule has 0 radical (unpaired) electrons. The zero-order chi connectivity index (χ0) is 20.0. The van der Waals surface area contributed by atoms with Gasteiger partial charge in [-0.3, -0.25) is 0 Å². The minimum atomic E-state index is -0.951. The summed E-state index contributed by atoms with van der Waals surface area (Å²) >= 11 is 6.54. The molecule has 0 aliphatic rings. The van der Waals surface area contributed by atoms with Crippen molar-refractivity contribution in [2.45, 2.75) is 0 Å². The molecule has 29 heavy (non-hydrogen) atoms. The predicted octanol–water partition coefficient (Wildman–Crippen LogP) is 6.80. The second kappa shape index (κ2) is 6.80. The fourth-order valence-electron chi connectivity index (χ4n) is 3.89. The van der Waals surface area contributed by atoms with Gasteiger partial charge in [0.1, 0.15) is 0 Å². The van der Waals surface area contributed by atoms with E-state index in [0.29, 0.717) is 5.02 Å². The maximum Gasteiger partial charge on any atom is 0.335 e. The monoisotopic (exact) mass is 397 g/mol. The standard InChI is InChI=1S/C25H16ClNO2/c26-22-11-4-3-10-20(22)24-15-21-19-9-2-1-6-16(19)12-13-23(21)27(24)18-8-5-7-17(14-18)25(28)29/h1-15H,(H,28,29). The van der Waals surface area contributed by atoms with Crippen molar-refractivity contribution in [2.24, 2.45) is 0 Å². The van der Waals surface area contributed by atoms with Crippen molar-refractivity contribution < 1.29 is 9.90 Å². The normalized spacial score (nSPS) is 11.2. The van der Waals surface area contributed by atoms with Crippen LogP contribution in [0.15, 0.2) is 91.0 Å². The number of hydrogen-bond acceptors (Lipinski definition) is 1. The molecule has 4 aromatic carbocycles. The van der Waals surface area contributed by atoms with Gasteiger partial charge in [0.05, 0.1) is 16.8 Å². The maximum atomic E-state index is 11.5. The molecule has 0 spiro atoms. The first-order valence-corrected chi connectivity index (χ1v) is 9.63. The van der Waals surface area contributed by atoms with Crippen LogP contribution in [0.2, 0.25) is 5.02 Å². The molecule has 0 saturated carbocycles. The Morgan fingerprint density at radius 3 is 2.41 bits per heavy atom. The number of halogens is 1. The molecule has 1 N–H and O–H groups in total. The average molecular weight is 398 g/mol. The maximum absolute atomic E-state index is 11.5. The van der Waals surface area contributed by atoms with Crippen LogP contribution in [0.1, 0.15) is 10.4 Å². The van der Waals surface area contributed by atoms with Crippen LogP contribution >= 0.6 is 11.6 Å². The Balaban J connectivity index is 1.91. The second-order valence-corrected chi connectivity index (χ2v) is 7.33. The van der Waals surface area contributed by atoms with Crippen LogP contribution in [-0.2, 0) is 0 Å². The van der Waals surface area contributed by atoms with Gasteiger partial charge in [-0.15, -0.1) is 0 Å². The molecular weight excluding hydrogens is 382 g/mol. The number of carbonyl (C=O) groups is 1. The Morgan fingerprint density at radius 2 is 1.59 bits per heavy atom. The topological polar surface area (TPSA) is 42.2 Å². The van der Waals surface area contributed by atoms with E-state index in [0.717, 1.165) is 38.6 Å². The van der Waals surface area contributed by atoms with E-state index < -0.39 is 5.97 Å². The number of nitrogens with zero attached hydrogens (tertiary/aromatic N) is 1. The van der Waals surface area contributed by atoms with Crippen LogP contribution in [0.5, 0.6) is 0 Å².